The fourth-order valence-corrected chi connectivity index (χ4v) is 3.41. The summed E-state index contributed by atoms with van der Waals surface area (Å²) < 4.78 is 0. The van der Waals surface area contributed by atoms with Crippen molar-refractivity contribution in [3.05, 3.63) is 0 Å². The Bertz CT molecular complexity index is 188. The molecule has 0 bridgehead atoms. The van der Waals surface area contributed by atoms with E-state index in [4.69, 9.17) is 5.73 Å². The largest absolute Gasteiger partial charge is 0.328 e. The Morgan fingerprint density at radius 3 is 2.00 bits per heavy atom. The summed E-state index contributed by atoms with van der Waals surface area (Å²) in [5, 5.41) is 0. The molecule has 1 heteroatoms. The summed E-state index contributed by atoms with van der Waals surface area (Å²) in [7, 11) is 0. The molecule has 0 rings (SSSR count). The Morgan fingerprint density at radius 1 is 0.944 bits per heavy atom. The smallest absolute Gasteiger partial charge is 0.00439 e. The summed E-state index contributed by atoms with van der Waals surface area (Å²) in [4.78, 5) is 0. The van der Waals surface area contributed by atoms with E-state index in [0.29, 0.717) is 17.4 Å². The lowest BCUT2D eigenvalue weighted by molar-refractivity contribution is 0.124. The van der Waals surface area contributed by atoms with Crippen LogP contribution >= 0.6 is 0 Å². The summed E-state index contributed by atoms with van der Waals surface area (Å²) in [6.07, 6.45) is 12.1. The lowest BCUT2D eigenvalue weighted by Gasteiger charge is -2.40. The van der Waals surface area contributed by atoms with E-state index in [1.54, 1.807) is 0 Å². The van der Waals surface area contributed by atoms with Crippen molar-refractivity contribution in [1.29, 1.82) is 0 Å². The van der Waals surface area contributed by atoms with Gasteiger partial charge in [0.2, 0.25) is 0 Å². The molecule has 3 atom stereocenters. The SMILES string of the molecule is CCCCCCCC(C(C)N)C(C)(CC)CCC. The highest BCUT2D eigenvalue weighted by Gasteiger charge is 2.33. The van der Waals surface area contributed by atoms with Crippen LogP contribution in [0.25, 0.3) is 0 Å². The molecule has 2 N–H and O–H groups in total. The predicted octanol–water partition coefficient (Wildman–Crippen LogP) is 5.53. The van der Waals surface area contributed by atoms with Crippen molar-refractivity contribution in [2.75, 3.05) is 0 Å². The van der Waals surface area contributed by atoms with Crippen molar-refractivity contribution in [1.82, 2.24) is 0 Å². The highest BCUT2D eigenvalue weighted by atomic mass is 14.7. The van der Waals surface area contributed by atoms with Crippen molar-refractivity contribution in [2.24, 2.45) is 17.1 Å². The maximum absolute atomic E-state index is 6.27. The predicted molar refractivity (Wildman–Crippen MR) is 83.8 cm³/mol. The molecule has 0 saturated carbocycles. The molecule has 0 aliphatic heterocycles. The van der Waals surface area contributed by atoms with E-state index in [9.17, 15) is 0 Å². The van der Waals surface area contributed by atoms with Gasteiger partial charge in [0.25, 0.3) is 0 Å². The Labute approximate surface area is 116 Å². The number of nitrogens with two attached hydrogens (primary N) is 1. The second-order valence-corrected chi connectivity index (χ2v) is 6.43. The molecule has 0 spiro atoms. The zero-order valence-electron chi connectivity index (χ0n) is 13.6. The Hall–Kier alpha value is -0.0400. The maximum atomic E-state index is 6.27. The van der Waals surface area contributed by atoms with Gasteiger partial charge in [0.15, 0.2) is 0 Å². The number of unbranched alkanes of at least 4 members (excludes halogenated alkanes) is 4. The van der Waals surface area contributed by atoms with Crippen LogP contribution < -0.4 is 5.73 Å². The minimum Gasteiger partial charge on any atom is -0.328 e. The van der Waals surface area contributed by atoms with Crippen LogP contribution in [0.5, 0.6) is 0 Å². The van der Waals surface area contributed by atoms with Gasteiger partial charge < -0.3 is 5.73 Å². The van der Waals surface area contributed by atoms with Crippen LogP contribution in [0.4, 0.5) is 0 Å². The van der Waals surface area contributed by atoms with Crippen molar-refractivity contribution < 1.29 is 0 Å². The van der Waals surface area contributed by atoms with E-state index in [1.807, 2.05) is 0 Å². The molecule has 0 aromatic heterocycles. The van der Waals surface area contributed by atoms with Crippen molar-refractivity contribution >= 4 is 0 Å². The number of hydrogen-bond acceptors (Lipinski definition) is 1. The molecule has 0 aliphatic rings. The first-order chi connectivity index (χ1) is 8.51. The van der Waals surface area contributed by atoms with Crippen LogP contribution in [-0.2, 0) is 0 Å². The molecular formula is C17H37N. The normalized spacial score (nSPS) is 18.3. The van der Waals surface area contributed by atoms with E-state index in [2.05, 4.69) is 34.6 Å². The molecule has 0 fully saturated rings. The van der Waals surface area contributed by atoms with Gasteiger partial charge in [0, 0.05) is 6.04 Å². The first-order valence-corrected chi connectivity index (χ1v) is 8.27. The monoisotopic (exact) mass is 255 g/mol. The third-order valence-electron chi connectivity index (χ3n) is 4.78. The summed E-state index contributed by atoms with van der Waals surface area (Å²) in [6, 6.07) is 0.340. The number of hydrogen-bond donors (Lipinski definition) is 1. The average molecular weight is 255 g/mol. The fourth-order valence-electron chi connectivity index (χ4n) is 3.41. The zero-order chi connectivity index (χ0) is 14.0. The van der Waals surface area contributed by atoms with Gasteiger partial charge in [-0.25, -0.2) is 0 Å². The molecule has 0 heterocycles. The van der Waals surface area contributed by atoms with Gasteiger partial charge in [-0.2, -0.15) is 0 Å². The maximum Gasteiger partial charge on any atom is 0.00439 e. The van der Waals surface area contributed by atoms with Crippen LogP contribution in [0.1, 0.15) is 92.4 Å². The zero-order valence-corrected chi connectivity index (χ0v) is 13.6. The van der Waals surface area contributed by atoms with Crippen LogP contribution in [-0.4, -0.2) is 6.04 Å². The van der Waals surface area contributed by atoms with Crippen molar-refractivity contribution in [2.45, 2.75) is 98.4 Å². The molecular weight excluding hydrogens is 218 g/mol. The van der Waals surface area contributed by atoms with Gasteiger partial charge in [0.1, 0.15) is 0 Å². The molecule has 1 nitrogen and oxygen atoms in total. The minimum absolute atomic E-state index is 0.340. The van der Waals surface area contributed by atoms with Crippen molar-refractivity contribution in [3.8, 4) is 0 Å². The Balaban J connectivity index is 4.27. The average Bonchev–Trinajstić information content (AvgIpc) is 2.33. The third kappa shape index (κ3) is 6.22. The summed E-state index contributed by atoms with van der Waals surface area (Å²) in [6.45, 7) is 11.6. The van der Waals surface area contributed by atoms with Crippen LogP contribution in [0, 0.1) is 11.3 Å². The molecule has 0 aromatic rings. The van der Waals surface area contributed by atoms with E-state index < -0.39 is 0 Å². The number of rotatable bonds is 11. The minimum atomic E-state index is 0.340. The quantitative estimate of drug-likeness (QED) is 0.483. The standard InChI is InChI=1S/C17H37N/c1-6-9-10-11-12-13-16(15(4)18)17(5,8-3)14-7-2/h15-16H,6-14,18H2,1-5H3. The van der Waals surface area contributed by atoms with Crippen LogP contribution in [0.2, 0.25) is 0 Å². The molecule has 0 radical (unpaired) electrons. The summed E-state index contributed by atoms with van der Waals surface area (Å²) in [5.41, 5.74) is 6.72. The third-order valence-corrected chi connectivity index (χ3v) is 4.78. The van der Waals surface area contributed by atoms with E-state index >= 15 is 0 Å². The lowest BCUT2D eigenvalue weighted by atomic mass is 9.67. The first kappa shape index (κ1) is 18.0. The second kappa shape index (κ2) is 9.83. The highest BCUT2D eigenvalue weighted by Crippen LogP contribution is 2.40. The highest BCUT2D eigenvalue weighted by molar-refractivity contribution is 4.86. The lowest BCUT2D eigenvalue weighted by Crippen LogP contribution is -2.39. The van der Waals surface area contributed by atoms with Gasteiger partial charge in [-0.15, -0.1) is 0 Å². The Morgan fingerprint density at radius 2 is 1.56 bits per heavy atom. The van der Waals surface area contributed by atoms with Gasteiger partial charge in [-0.1, -0.05) is 72.6 Å². The first-order valence-electron chi connectivity index (χ1n) is 8.27. The molecule has 3 unspecified atom stereocenters. The van der Waals surface area contributed by atoms with E-state index in [0.717, 1.165) is 0 Å². The van der Waals surface area contributed by atoms with Gasteiger partial charge >= 0.3 is 0 Å². The Kier molecular flexibility index (Phi) is 9.81. The summed E-state index contributed by atoms with van der Waals surface area (Å²) >= 11 is 0. The van der Waals surface area contributed by atoms with E-state index in [-0.39, 0.29) is 0 Å². The van der Waals surface area contributed by atoms with Gasteiger partial charge in [0.05, 0.1) is 0 Å². The molecule has 0 amide bonds. The molecule has 110 valence electrons. The van der Waals surface area contributed by atoms with Crippen LogP contribution in [0.15, 0.2) is 0 Å². The van der Waals surface area contributed by atoms with Crippen molar-refractivity contribution in [3.63, 3.8) is 0 Å². The fraction of sp³-hybridized carbons (Fsp3) is 1.00. The molecule has 0 saturated heterocycles. The summed E-state index contributed by atoms with van der Waals surface area (Å²) in [5.74, 6) is 0.698. The van der Waals surface area contributed by atoms with Gasteiger partial charge in [-0.05, 0) is 31.1 Å². The molecule has 18 heavy (non-hydrogen) atoms. The topological polar surface area (TPSA) is 26.0 Å². The van der Waals surface area contributed by atoms with Crippen LogP contribution in [0.3, 0.4) is 0 Å². The van der Waals surface area contributed by atoms with E-state index in [1.165, 1.54) is 57.8 Å². The molecule has 0 aliphatic carbocycles. The molecule has 0 aromatic carbocycles. The van der Waals surface area contributed by atoms with Gasteiger partial charge in [-0.3, -0.25) is 0 Å². The second-order valence-electron chi connectivity index (χ2n) is 6.43.